The predicted octanol–water partition coefficient (Wildman–Crippen LogP) is 4.27. The number of benzene rings is 2. The molecule has 0 aliphatic carbocycles. The molecule has 0 saturated heterocycles. The fraction of sp³-hybridized carbons (Fsp3) is 0.211. The van der Waals surface area contributed by atoms with E-state index in [0.29, 0.717) is 35.3 Å². The molecule has 5 heteroatoms. The van der Waals surface area contributed by atoms with Crippen LogP contribution in [0.25, 0.3) is 6.08 Å². The van der Waals surface area contributed by atoms with Crippen molar-refractivity contribution in [1.29, 1.82) is 0 Å². The van der Waals surface area contributed by atoms with Crippen LogP contribution in [0.15, 0.2) is 48.5 Å². The van der Waals surface area contributed by atoms with Gasteiger partial charge in [0.2, 0.25) is 0 Å². The number of rotatable bonds is 8. The van der Waals surface area contributed by atoms with Crippen LogP contribution in [0.5, 0.6) is 11.5 Å². The Bertz CT molecular complexity index is 725. The first kappa shape index (κ1) is 18.0. The van der Waals surface area contributed by atoms with Crippen LogP contribution in [-0.4, -0.2) is 33.2 Å². The second-order valence-corrected chi connectivity index (χ2v) is 5.40. The zero-order chi connectivity index (χ0) is 17.4. The van der Waals surface area contributed by atoms with Crippen molar-refractivity contribution in [3.05, 3.63) is 64.7 Å². The standard InChI is InChI=1S/C19H19ClO4/c1-22-10-11-24-18-9-7-15(13-19(18)23-2)17(21)8-6-14-4-3-5-16(20)12-14/h3-9,12-13H,10-11H2,1-2H3. The maximum Gasteiger partial charge on any atom is 0.185 e. The van der Waals surface area contributed by atoms with Crippen LogP contribution in [0.2, 0.25) is 5.02 Å². The van der Waals surface area contributed by atoms with Crippen LogP contribution in [0.3, 0.4) is 0 Å². The van der Waals surface area contributed by atoms with Crippen molar-refractivity contribution < 1.29 is 19.0 Å². The van der Waals surface area contributed by atoms with Crippen LogP contribution < -0.4 is 9.47 Å². The maximum absolute atomic E-state index is 12.3. The van der Waals surface area contributed by atoms with Gasteiger partial charge in [-0.2, -0.15) is 0 Å². The van der Waals surface area contributed by atoms with E-state index in [-0.39, 0.29) is 5.78 Å². The van der Waals surface area contributed by atoms with Gasteiger partial charge in [-0.05, 0) is 42.0 Å². The topological polar surface area (TPSA) is 44.8 Å². The molecule has 2 aromatic carbocycles. The molecule has 0 aliphatic rings. The molecule has 0 aromatic heterocycles. The lowest BCUT2D eigenvalue weighted by molar-refractivity contribution is 0.104. The highest BCUT2D eigenvalue weighted by Crippen LogP contribution is 2.28. The Morgan fingerprint density at radius 1 is 1.08 bits per heavy atom. The Morgan fingerprint density at radius 2 is 1.92 bits per heavy atom. The molecule has 0 aliphatic heterocycles. The molecule has 0 unspecified atom stereocenters. The summed E-state index contributed by atoms with van der Waals surface area (Å²) in [5, 5.41) is 0.629. The van der Waals surface area contributed by atoms with E-state index in [2.05, 4.69) is 0 Å². The molecule has 0 spiro atoms. The van der Waals surface area contributed by atoms with Gasteiger partial charge in [0.05, 0.1) is 13.7 Å². The molecule has 24 heavy (non-hydrogen) atoms. The summed E-state index contributed by atoms with van der Waals surface area (Å²) in [6, 6.07) is 12.4. The highest BCUT2D eigenvalue weighted by atomic mass is 35.5. The fourth-order valence-electron chi connectivity index (χ4n) is 2.05. The third-order valence-electron chi connectivity index (χ3n) is 3.27. The third-order valence-corrected chi connectivity index (χ3v) is 3.50. The monoisotopic (exact) mass is 346 g/mol. The highest BCUT2D eigenvalue weighted by Gasteiger charge is 2.09. The fourth-order valence-corrected chi connectivity index (χ4v) is 2.25. The molecule has 0 atom stereocenters. The molecule has 0 amide bonds. The van der Waals surface area contributed by atoms with Crippen molar-refractivity contribution in [3.63, 3.8) is 0 Å². The molecule has 0 bridgehead atoms. The quantitative estimate of drug-likeness (QED) is 0.407. The van der Waals surface area contributed by atoms with E-state index >= 15 is 0 Å². The number of halogens is 1. The number of hydrogen-bond acceptors (Lipinski definition) is 4. The summed E-state index contributed by atoms with van der Waals surface area (Å²) in [5.74, 6) is 0.953. The minimum Gasteiger partial charge on any atom is -0.493 e. The highest BCUT2D eigenvalue weighted by molar-refractivity contribution is 6.30. The number of hydrogen-bond donors (Lipinski definition) is 0. The number of methoxy groups -OCH3 is 2. The largest absolute Gasteiger partial charge is 0.493 e. The molecule has 4 nitrogen and oxygen atoms in total. The number of ketones is 1. The molecule has 0 saturated carbocycles. The molecule has 0 N–H and O–H groups in total. The van der Waals surface area contributed by atoms with Gasteiger partial charge in [-0.15, -0.1) is 0 Å². The Hall–Kier alpha value is -2.30. The second-order valence-electron chi connectivity index (χ2n) is 4.96. The zero-order valence-corrected chi connectivity index (χ0v) is 14.4. The molecule has 0 radical (unpaired) electrons. The number of carbonyl (C=O) groups is 1. The minimum absolute atomic E-state index is 0.128. The molecular weight excluding hydrogens is 328 g/mol. The summed E-state index contributed by atoms with van der Waals surface area (Å²) in [6.45, 7) is 0.890. The van der Waals surface area contributed by atoms with Crippen molar-refractivity contribution in [2.45, 2.75) is 0 Å². The lowest BCUT2D eigenvalue weighted by atomic mass is 10.1. The Kier molecular flexibility index (Phi) is 6.85. The van der Waals surface area contributed by atoms with Crippen molar-refractivity contribution in [2.24, 2.45) is 0 Å². The molecule has 0 heterocycles. The van der Waals surface area contributed by atoms with E-state index in [1.165, 1.54) is 13.2 Å². The SMILES string of the molecule is COCCOc1ccc(C(=O)C=Cc2cccc(Cl)c2)cc1OC. The average molecular weight is 347 g/mol. The van der Waals surface area contributed by atoms with Crippen molar-refractivity contribution in [3.8, 4) is 11.5 Å². The van der Waals surface area contributed by atoms with Gasteiger partial charge in [0.25, 0.3) is 0 Å². The molecule has 0 fully saturated rings. The second kappa shape index (κ2) is 9.11. The van der Waals surface area contributed by atoms with Crippen LogP contribution in [-0.2, 0) is 4.74 Å². The summed E-state index contributed by atoms with van der Waals surface area (Å²) in [6.07, 6.45) is 3.23. The van der Waals surface area contributed by atoms with E-state index in [1.807, 2.05) is 12.1 Å². The molecular formula is C19H19ClO4. The molecule has 126 valence electrons. The van der Waals surface area contributed by atoms with Crippen molar-refractivity contribution in [2.75, 3.05) is 27.4 Å². The summed E-state index contributed by atoms with van der Waals surface area (Å²) >= 11 is 5.93. The Morgan fingerprint density at radius 3 is 2.62 bits per heavy atom. The van der Waals surface area contributed by atoms with E-state index in [1.54, 1.807) is 43.5 Å². The minimum atomic E-state index is -0.128. The smallest absolute Gasteiger partial charge is 0.185 e. The predicted molar refractivity (Wildman–Crippen MR) is 95.2 cm³/mol. The van der Waals surface area contributed by atoms with Gasteiger partial charge >= 0.3 is 0 Å². The average Bonchev–Trinajstić information content (AvgIpc) is 2.60. The van der Waals surface area contributed by atoms with Crippen molar-refractivity contribution >= 4 is 23.5 Å². The summed E-state index contributed by atoms with van der Waals surface area (Å²) < 4.78 is 15.8. The number of ether oxygens (including phenoxy) is 3. The van der Waals surface area contributed by atoms with E-state index in [4.69, 9.17) is 25.8 Å². The van der Waals surface area contributed by atoms with Crippen molar-refractivity contribution in [1.82, 2.24) is 0 Å². The first-order valence-electron chi connectivity index (χ1n) is 7.42. The van der Waals surface area contributed by atoms with Crippen LogP contribution in [0.1, 0.15) is 15.9 Å². The van der Waals surface area contributed by atoms with Gasteiger partial charge in [0, 0.05) is 17.7 Å². The Balaban J connectivity index is 2.11. The van der Waals surface area contributed by atoms with Crippen LogP contribution in [0.4, 0.5) is 0 Å². The van der Waals surface area contributed by atoms with Gasteiger partial charge in [-0.3, -0.25) is 4.79 Å². The van der Waals surface area contributed by atoms with Gasteiger partial charge in [-0.25, -0.2) is 0 Å². The molecule has 2 rings (SSSR count). The van der Waals surface area contributed by atoms with Gasteiger partial charge in [0.15, 0.2) is 17.3 Å². The normalized spacial score (nSPS) is 10.8. The lowest BCUT2D eigenvalue weighted by Gasteiger charge is -2.11. The van der Waals surface area contributed by atoms with Crippen LogP contribution in [0, 0.1) is 0 Å². The zero-order valence-electron chi connectivity index (χ0n) is 13.6. The Labute approximate surface area is 146 Å². The summed E-state index contributed by atoms with van der Waals surface area (Å²) in [4.78, 5) is 12.3. The third kappa shape index (κ3) is 5.11. The van der Waals surface area contributed by atoms with E-state index in [0.717, 1.165) is 5.56 Å². The lowest BCUT2D eigenvalue weighted by Crippen LogP contribution is -2.06. The van der Waals surface area contributed by atoms with Gasteiger partial charge in [0.1, 0.15) is 6.61 Å². The van der Waals surface area contributed by atoms with Gasteiger partial charge < -0.3 is 14.2 Å². The first-order chi connectivity index (χ1) is 11.6. The number of carbonyl (C=O) groups excluding carboxylic acids is 1. The first-order valence-corrected chi connectivity index (χ1v) is 7.79. The maximum atomic E-state index is 12.3. The summed E-state index contributed by atoms with van der Waals surface area (Å²) in [7, 11) is 3.14. The molecule has 2 aromatic rings. The summed E-state index contributed by atoms with van der Waals surface area (Å²) in [5.41, 5.74) is 1.38. The van der Waals surface area contributed by atoms with E-state index < -0.39 is 0 Å². The van der Waals surface area contributed by atoms with E-state index in [9.17, 15) is 4.79 Å². The number of allylic oxidation sites excluding steroid dienone is 1. The van der Waals surface area contributed by atoms with Crippen LogP contribution >= 0.6 is 11.6 Å². The van der Waals surface area contributed by atoms with Gasteiger partial charge in [-0.1, -0.05) is 29.8 Å².